The number of hydrogen-bond donors (Lipinski definition) is 3. The third-order valence-electron chi connectivity index (χ3n) is 2.96. The van der Waals surface area contributed by atoms with Gasteiger partial charge >= 0.3 is 0 Å². The summed E-state index contributed by atoms with van der Waals surface area (Å²) in [5.74, 6) is 0. The lowest BCUT2D eigenvalue weighted by molar-refractivity contribution is 0.602. The second-order valence-electron chi connectivity index (χ2n) is 4.41. The molecule has 0 atom stereocenters. The number of nitrogens with two attached hydrogens (primary N) is 1. The standard InChI is InChI=1S/C13H11BrN4O2S/c14-13-10(2-1-5-16-13)18-21(19,20)12-7-17-11-6-8(15)3-4-9(11)12/h1-7,17-18H,15H2. The van der Waals surface area contributed by atoms with Crippen LogP contribution in [0.15, 0.2) is 52.2 Å². The first-order valence-corrected chi connectivity index (χ1v) is 8.25. The van der Waals surface area contributed by atoms with Gasteiger partial charge < -0.3 is 10.7 Å². The van der Waals surface area contributed by atoms with Crippen LogP contribution in [0.25, 0.3) is 10.9 Å². The number of H-pyrrole nitrogens is 1. The van der Waals surface area contributed by atoms with Gasteiger partial charge in [-0.15, -0.1) is 0 Å². The number of aromatic nitrogens is 2. The van der Waals surface area contributed by atoms with Crippen LogP contribution in [-0.2, 0) is 10.0 Å². The zero-order chi connectivity index (χ0) is 15.0. The lowest BCUT2D eigenvalue weighted by Crippen LogP contribution is -2.13. The van der Waals surface area contributed by atoms with Crippen molar-refractivity contribution in [2.45, 2.75) is 4.90 Å². The van der Waals surface area contributed by atoms with Crippen molar-refractivity contribution in [3.63, 3.8) is 0 Å². The summed E-state index contributed by atoms with van der Waals surface area (Å²) in [7, 11) is -3.72. The molecule has 0 aliphatic heterocycles. The molecule has 2 aromatic heterocycles. The Hall–Kier alpha value is -2.06. The second kappa shape index (κ2) is 5.05. The fourth-order valence-corrected chi connectivity index (χ4v) is 3.73. The molecule has 0 spiro atoms. The van der Waals surface area contributed by atoms with Crippen LogP contribution in [-0.4, -0.2) is 18.4 Å². The fourth-order valence-electron chi connectivity index (χ4n) is 2.00. The molecule has 0 saturated carbocycles. The third-order valence-corrected chi connectivity index (χ3v) is 5.00. The molecule has 0 bridgehead atoms. The minimum absolute atomic E-state index is 0.160. The number of nitrogens with zero attached hydrogens (tertiary/aromatic N) is 1. The Balaban J connectivity index is 2.07. The van der Waals surface area contributed by atoms with E-state index in [2.05, 4.69) is 30.6 Å². The molecule has 0 amide bonds. The van der Waals surface area contributed by atoms with E-state index in [1.807, 2.05) is 0 Å². The van der Waals surface area contributed by atoms with E-state index in [1.54, 1.807) is 36.5 Å². The van der Waals surface area contributed by atoms with Crippen LogP contribution >= 0.6 is 15.9 Å². The van der Waals surface area contributed by atoms with Gasteiger partial charge in [0, 0.05) is 29.0 Å². The van der Waals surface area contributed by atoms with Gasteiger partial charge in [0.25, 0.3) is 10.0 Å². The molecule has 0 unspecified atom stereocenters. The van der Waals surface area contributed by atoms with E-state index in [9.17, 15) is 8.42 Å². The molecule has 0 aliphatic carbocycles. The average molecular weight is 367 g/mol. The Morgan fingerprint density at radius 1 is 1.29 bits per heavy atom. The number of benzene rings is 1. The van der Waals surface area contributed by atoms with Gasteiger partial charge in [-0.3, -0.25) is 4.72 Å². The van der Waals surface area contributed by atoms with E-state index in [4.69, 9.17) is 5.73 Å². The maximum Gasteiger partial charge on any atom is 0.264 e. The predicted molar refractivity (Wildman–Crippen MR) is 85.5 cm³/mol. The number of nitrogen functional groups attached to an aromatic ring is 1. The van der Waals surface area contributed by atoms with Gasteiger partial charge in [-0.05, 0) is 46.3 Å². The Morgan fingerprint density at radius 3 is 2.86 bits per heavy atom. The summed E-state index contributed by atoms with van der Waals surface area (Å²) in [6, 6.07) is 8.30. The van der Waals surface area contributed by atoms with E-state index in [-0.39, 0.29) is 4.90 Å². The molecule has 108 valence electrons. The van der Waals surface area contributed by atoms with Crippen molar-refractivity contribution in [2.24, 2.45) is 0 Å². The minimum Gasteiger partial charge on any atom is -0.399 e. The van der Waals surface area contributed by atoms with Crippen molar-refractivity contribution in [2.75, 3.05) is 10.5 Å². The lowest BCUT2D eigenvalue weighted by Gasteiger charge is -2.08. The highest BCUT2D eigenvalue weighted by molar-refractivity contribution is 9.10. The monoisotopic (exact) mass is 366 g/mol. The van der Waals surface area contributed by atoms with Gasteiger partial charge in [0.1, 0.15) is 9.50 Å². The fraction of sp³-hybridized carbons (Fsp3) is 0. The number of halogens is 1. The molecule has 6 nitrogen and oxygen atoms in total. The van der Waals surface area contributed by atoms with E-state index in [0.29, 0.717) is 26.9 Å². The largest absolute Gasteiger partial charge is 0.399 e. The van der Waals surface area contributed by atoms with E-state index in [1.165, 1.54) is 6.20 Å². The average Bonchev–Trinajstić information content (AvgIpc) is 2.85. The molecular weight excluding hydrogens is 356 g/mol. The number of aromatic amines is 1. The molecular formula is C13H11BrN4O2S. The van der Waals surface area contributed by atoms with Gasteiger partial charge in [-0.2, -0.15) is 0 Å². The van der Waals surface area contributed by atoms with Crippen LogP contribution in [0.3, 0.4) is 0 Å². The number of pyridine rings is 1. The first-order chi connectivity index (χ1) is 9.97. The normalized spacial score (nSPS) is 11.7. The summed E-state index contributed by atoms with van der Waals surface area (Å²) in [6.45, 7) is 0. The van der Waals surface area contributed by atoms with Crippen LogP contribution in [0.1, 0.15) is 0 Å². The van der Waals surface area contributed by atoms with Crippen LogP contribution in [0, 0.1) is 0 Å². The van der Waals surface area contributed by atoms with Crippen LogP contribution in [0.2, 0.25) is 0 Å². The van der Waals surface area contributed by atoms with Crippen molar-refractivity contribution in [3.05, 3.63) is 47.3 Å². The van der Waals surface area contributed by atoms with Gasteiger partial charge in [0.2, 0.25) is 0 Å². The SMILES string of the molecule is Nc1ccc2c(S(=O)(=O)Nc3cccnc3Br)c[nH]c2c1. The number of anilines is 2. The predicted octanol–water partition coefficient (Wildman–Crippen LogP) is 2.71. The number of nitrogens with one attached hydrogen (secondary N) is 2. The number of sulfonamides is 1. The lowest BCUT2D eigenvalue weighted by atomic mass is 10.2. The highest BCUT2D eigenvalue weighted by Gasteiger charge is 2.20. The maximum atomic E-state index is 12.5. The molecule has 0 fully saturated rings. The summed E-state index contributed by atoms with van der Waals surface area (Å²) in [5.41, 5.74) is 7.30. The molecule has 0 aliphatic rings. The first kappa shape index (κ1) is 13.9. The first-order valence-electron chi connectivity index (χ1n) is 5.97. The third kappa shape index (κ3) is 2.59. The topological polar surface area (TPSA) is 101 Å². The van der Waals surface area contributed by atoms with E-state index >= 15 is 0 Å². The van der Waals surface area contributed by atoms with Crippen LogP contribution in [0.4, 0.5) is 11.4 Å². The minimum atomic E-state index is -3.72. The molecule has 0 saturated heterocycles. The molecule has 21 heavy (non-hydrogen) atoms. The van der Waals surface area contributed by atoms with Gasteiger partial charge in [0.05, 0.1) is 5.69 Å². The zero-order valence-electron chi connectivity index (χ0n) is 10.7. The molecule has 1 aromatic carbocycles. The molecule has 3 rings (SSSR count). The number of fused-ring (bicyclic) bond motifs is 1. The Labute approximate surface area is 129 Å². The highest BCUT2D eigenvalue weighted by Crippen LogP contribution is 2.27. The molecule has 8 heteroatoms. The summed E-state index contributed by atoms with van der Waals surface area (Å²) >= 11 is 3.21. The molecule has 0 radical (unpaired) electrons. The second-order valence-corrected chi connectivity index (χ2v) is 6.81. The number of rotatable bonds is 3. The molecule has 3 aromatic rings. The maximum absolute atomic E-state index is 12.5. The summed E-state index contributed by atoms with van der Waals surface area (Å²) in [4.78, 5) is 7.05. The van der Waals surface area contributed by atoms with Crippen molar-refractivity contribution >= 4 is 48.2 Å². The van der Waals surface area contributed by atoms with Crippen molar-refractivity contribution in [1.29, 1.82) is 0 Å². The van der Waals surface area contributed by atoms with Crippen molar-refractivity contribution < 1.29 is 8.42 Å². The zero-order valence-corrected chi connectivity index (χ0v) is 13.1. The van der Waals surface area contributed by atoms with Crippen LogP contribution in [0.5, 0.6) is 0 Å². The van der Waals surface area contributed by atoms with Gasteiger partial charge in [-0.25, -0.2) is 13.4 Å². The Bertz CT molecular complexity index is 921. The van der Waals surface area contributed by atoms with Gasteiger partial charge in [0.15, 0.2) is 0 Å². The smallest absolute Gasteiger partial charge is 0.264 e. The summed E-state index contributed by atoms with van der Waals surface area (Å²) in [6.07, 6.45) is 3.01. The highest BCUT2D eigenvalue weighted by atomic mass is 79.9. The molecule has 2 heterocycles. The quantitative estimate of drug-likeness (QED) is 0.489. The van der Waals surface area contributed by atoms with Gasteiger partial charge in [-0.1, -0.05) is 0 Å². The summed E-state index contributed by atoms with van der Waals surface area (Å²) in [5, 5.41) is 0.580. The van der Waals surface area contributed by atoms with E-state index in [0.717, 1.165) is 0 Å². The van der Waals surface area contributed by atoms with E-state index < -0.39 is 10.0 Å². The van der Waals surface area contributed by atoms with Crippen molar-refractivity contribution in [3.8, 4) is 0 Å². The van der Waals surface area contributed by atoms with Crippen LogP contribution < -0.4 is 10.5 Å². The Morgan fingerprint density at radius 2 is 2.10 bits per heavy atom. The number of hydrogen-bond acceptors (Lipinski definition) is 4. The molecule has 4 N–H and O–H groups in total. The summed E-state index contributed by atoms with van der Waals surface area (Å²) < 4.78 is 27.9. The Kier molecular flexibility index (Phi) is 3.34. The van der Waals surface area contributed by atoms with Crippen molar-refractivity contribution in [1.82, 2.24) is 9.97 Å².